The van der Waals surface area contributed by atoms with Crippen molar-refractivity contribution in [2.45, 2.75) is 17.0 Å². The fraction of sp³-hybridized carbons (Fsp3) is 0.107. The highest BCUT2D eigenvalue weighted by Gasteiger charge is 2.52. The van der Waals surface area contributed by atoms with E-state index in [9.17, 15) is 4.79 Å². The van der Waals surface area contributed by atoms with Gasteiger partial charge in [0.15, 0.2) is 0 Å². The summed E-state index contributed by atoms with van der Waals surface area (Å²) in [6, 6.07) is 36.3. The number of nitrogens with zero attached hydrogens (tertiary/aromatic N) is 1. The van der Waals surface area contributed by atoms with Gasteiger partial charge in [0, 0.05) is 22.0 Å². The third kappa shape index (κ3) is 3.62. The number of para-hydroxylation sites is 1. The van der Waals surface area contributed by atoms with Crippen LogP contribution in [0.4, 0.5) is 5.69 Å². The smallest absolute Gasteiger partial charge is 0.252 e. The van der Waals surface area contributed by atoms with Crippen LogP contribution < -0.4 is 4.90 Å². The first-order chi connectivity index (χ1) is 15.7. The topological polar surface area (TPSA) is 20.3 Å². The molecule has 0 unspecified atom stereocenters. The average molecular weight is 456 g/mol. The van der Waals surface area contributed by atoms with Crippen LogP contribution in [0.25, 0.3) is 0 Å². The molecule has 4 heteroatoms. The lowest BCUT2D eigenvalue weighted by molar-refractivity contribution is -0.119. The standard InChI is InChI=1S/C28H22ClNOS/c29-25-17-9-7-13-22(25)20-32-28(23-14-5-2-6-15-23)24-16-8-10-18-26(24)30(27(28)31)19-21-11-3-1-4-12-21/h1-18H,19-20H2/t28-/m0/s1. The SMILES string of the molecule is O=C1N(Cc2ccccc2)c2ccccc2[C@@]1(SCc1ccccc1Cl)c1ccccc1. The van der Waals surface area contributed by atoms with E-state index >= 15 is 0 Å². The van der Waals surface area contributed by atoms with Crippen LogP contribution in [0.2, 0.25) is 5.02 Å². The third-order valence-electron chi connectivity index (χ3n) is 5.89. The Morgan fingerprint density at radius 1 is 0.750 bits per heavy atom. The lowest BCUT2D eigenvalue weighted by atomic mass is 9.91. The first-order valence-electron chi connectivity index (χ1n) is 10.6. The second-order valence-corrected chi connectivity index (χ2v) is 9.42. The van der Waals surface area contributed by atoms with E-state index in [4.69, 9.17) is 11.6 Å². The fourth-order valence-corrected chi connectivity index (χ4v) is 6.09. The molecular formula is C28H22ClNOS. The summed E-state index contributed by atoms with van der Waals surface area (Å²) in [6.07, 6.45) is 0. The number of hydrogen-bond donors (Lipinski definition) is 0. The minimum atomic E-state index is -0.828. The number of amides is 1. The van der Waals surface area contributed by atoms with Gasteiger partial charge in [-0.05, 0) is 28.8 Å². The molecule has 1 heterocycles. The maximum atomic E-state index is 14.3. The molecule has 1 atom stereocenters. The Bertz CT molecular complexity index is 1240. The van der Waals surface area contributed by atoms with Crippen LogP contribution in [0.15, 0.2) is 109 Å². The third-order valence-corrected chi connectivity index (χ3v) is 7.77. The zero-order valence-electron chi connectivity index (χ0n) is 17.4. The van der Waals surface area contributed by atoms with Gasteiger partial charge in [-0.3, -0.25) is 4.79 Å². The summed E-state index contributed by atoms with van der Waals surface area (Å²) >= 11 is 8.11. The zero-order chi connectivity index (χ0) is 22.0. The summed E-state index contributed by atoms with van der Waals surface area (Å²) in [5, 5.41) is 0.725. The van der Waals surface area contributed by atoms with Gasteiger partial charge in [0.05, 0.1) is 6.54 Å². The molecular weight excluding hydrogens is 434 g/mol. The summed E-state index contributed by atoms with van der Waals surface area (Å²) in [5.41, 5.74) is 5.13. The highest BCUT2D eigenvalue weighted by Crippen LogP contribution is 2.54. The number of halogens is 1. The van der Waals surface area contributed by atoms with Crippen LogP contribution in [0.3, 0.4) is 0 Å². The highest BCUT2D eigenvalue weighted by molar-refractivity contribution is 8.00. The van der Waals surface area contributed by atoms with E-state index in [0.717, 1.165) is 33.0 Å². The van der Waals surface area contributed by atoms with Crippen LogP contribution in [0, 0.1) is 0 Å². The molecule has 5 rings (SSSR count). The van der Waals surface area contributed by atoms with E-state index in [1.165, 1.54) is 0 Å². The van der Waals surface area contributed by atoms with Gasteiger partial charge >= 0.3 is 0 Å². The molecule has 32 heavy (non-hydrogen) atoms. The molecule has 0 bridgehead atoms. The number of thioether (sulfide) groups is 1. The van der Waals surface area contributed by atoms with Crippen molar-refractivity contribution in [1.82, 2.24) is 0 Å². The molecule has 158 valence electrons. The number of hydrogen-bond acceptors (Lipinski definition) is 2. The molecule has 0 radical (unpaired) electrons. The minimum absolute atomic E-state index is 0.0887. The van der Waals surface area contributed by atoms with Crippen molar-refractivity contribution in [1.29, 1.82) is 0 Å². The Morgan fingerprint density at radius 2 is 1.38 bits per heavy atom. The normalized spacial score (nSPS) is 17.4. The van der Waals surface area contributed by atoms with Crippen molar-refractivity contribution in [2.75, 3.05) is 4.90 Å². The second kappa shape index (κ2) is 8.85. The summed E-state index contributed by atoms with van der Waals surface area (Å²) in [5.74, 6) is 0.721. The quantitative estimate of drug-likeness (QED) is 0.310. The number of carbonyl (C=O) groups excluding carboxylic acids is 1. The van der Waals surface area contributed by atoms with Crippen LogP contribution >= 0.6 is 23.4 Å². The van der Waals surface area contributed by atoms with Crippen LogP contribution in [0.5, 0.6) is 0 Å². The Kier molecular flexibility index (Phi) is 5.77. The largest absolute Gasteiger partial charge is 0.306 e. The van der Waals surface area contributed by atoms with E-state index in [0.29, 0.717) is 12.3 Å². The molecule has 0 spiro atoms. The molecule has 0 aliphatic carbocycles. The monoisotopic (exact) mass is 455 g/mol. The van der Waals surface area contributed by atoms with Crippen molar-refractivity contribution in [2.24, 2.45) is 0 Å². The van der Waals surface area contributed by atoms with E-state index in [1.807, 2.05) is 77.7 Å². The van der Waals surface area contributed by atoms with Gasteiger partial charge in [0.1, 0.15) is 4.75 Å². The van der Waals surface area contributed by atoms with E-state index in [-0.39, 0.29) is 5.91 Å². The zero-order valence-corrected chi connectivity index (χ0v) is 19.0. The second-order valence-electron chi connectivity index (χ2n) is 7.82. The molecule has 0 aromatic heterocycles. The predicted octanol–water partition coefficient (Wildman–Crippen LogP) is 7.06. The number of fused-ring (bicyclic) bond motifs is 1. The number of anilines is 1. The molecule has 1 aliphatic rings. The molecule has 2 nitrogen and oxygen atoms in total. The molecule has 1 amide bonds. The van der Waals surface area contributed by atoms with Crippen molar-refractivity contribution >= 4 is 35.0 Å². The van der Waals surface area contributed by atoms with Crippen molar-refractivity contribution in [3.05, 3.63) is 136 Å². The van der Waals surface area contributed by atoms with Crippen molar-refractivity contribution in [3.8, 4) is 0 Å². The van der Waals surface area contributed by atoms with Crippen LogP contribution in [0.1, 0.15) is 22.3 Å². The molecule has 0 saturated carbocycles. The number of rotatable bonds is 6. The average Bonchev–Trinajstić information content (AvgIpc) is 3.08. The Hall–Kier alpha value is -3.01. The Balaban J connectivity index is 1.62. The first-order valence-corrected chi connectivity index (χ1v) is 11.9. The summed E-state index contributed by atoms with van der Waals surface area (Å²) in [6.45, 7) is 0.540. The molecule has 0 N–H and O–H groups in total. The summed E-state index contributed by atoms with van der Waals surface area (Å²) in [7, 11) is 0. The first kappa shape index (κ1) is 20.9. The Morgan fingerprint density at radius 3 is 2.12 bits per heavy atom. The maximum absolute atomic E-state index is 14.3. The van der Waals surface area contributed by atoms with E-state index in [1.54, 1.807) is 11.8 Å². The Labute approximate surface area is 197 Å². The van der Waals surface area contributed by atoms with E-state index in [2.05, 4.69) is 36.4 Å². The number of benzene rings is 4. The molecule has 4 aromatic rings. The van der Waals surface area contributed by atoms with Gasteiger partial charge in [-0.15, -0.1) is 11.8 Å². The highest BCUT2D eigenvalue weighted by atomic mass is 35.5. The van der Waals surface area contributed by atoms with Gasteiger partial charge in [-0.1, -0.05) is 109 Å². The van der Waals surface area contributed by atoms with Crippen LogP contribution in [-0.2, 0) is 21.8 Å². The number of carbonyl (C=O) groups is 1. The van der Waals surface area contributed by atoms with E-state index < -0.39 is 4.75 Å². The molecule has 4 aromatic carbocycles. The van der Waals surface area contributed by atoms with Gasteiger partial charge < -0.3 is 4.90 Å². The van der Waals surface area contributed by atoms with Gasteiger partial charge in [0.2, 0.25) is 0 Å². The van der Waals surface area contributed by atoms with Crippen molar-refractivity contribution in [3.63, 3.8) is 0 Å². The fourth-order valence-electron chi connectivity index (χ4n) is 4.32. The molecule has 1 aliphatic heterocycles. The summed E-state index contributed by atoms with van der Waals surface area (Å²) < 4.78 is -0.828. The van der Waals surface area contributed by atoms with Gasteiger partial charge in [-0.2, -0.15) is 0 Å². The van der Waals surface area contributed by atoms with Crippen molar-refractivity contribution < 1.29 is 4.79 Å². The van der Waals surface area contributed by atoms with Crippen LogP contribution in [-0.4, -0.2) is 5.91 Å². The lowest BCUT2D eigenvalue weighted by Crippen LogP contribution is -2.38. The van der Waals surface area contributed by atoms with Gasteiger partial charge in [-0.25, -0.2) is 0 Å². The summed E-state index contributed by atoms with van der Waals surface area (Å²) in [4.78, 5) is 16.2. The lowest BCUT2D eigenvalue weighted by Gasteiger charge is -2.29. The molecule has 0 fully saturated rings. The van der Waals surface area contributed by atoms with Gasteiger partial charge in [0.25, 0.3) is 5.91 Å². The molecule has 0 saturated heterocycles. The maximum Gasteiger partial charge on any atom is 0.252 e. The predicted molar refractivity (Wildman–Crippen MR) is 134 cm³/mol. The minimum Gasteiger partial charge on any atom is -0.306 e.